The quantitative estimate of drug-likeness (QED) is 0.613. The third kappa shape index (κ3) is 4.97. The zero-order chi connectivity index (χ0) is 19.9. The van der Waals surface area contributed by atoms with Crippen molar-refractivity contribution >= 4 is 17.3 Å². The molecule has 0 bridgehead atoms. The molecule has 3 aromatic carbocycles. The second-order valence-electron chi connectivity index (χ2n) is 5.81. The summed E-state index contributed by atoms with van der Waals surface area (Å²) in [4.78, 5) is 12.0. The smallest absolute Gasteiger partial charge is 0.243 e. The molecule has 0 aliphatic rings. The normalized spacial score (nSPS) is 10.2. The average Bonchev–Trinajstić information content (AvgIpc) is 2.69. The molecule has 1 amide bonds. The SMILES string of the molecule is COc1c(F)cc(NCC(=O)Nc2ccc(Oc3ccccc3)cc2)cc1F. The molecule has 0 aliphatic carbocycles. The molecule has 0 saturated heterocycles. The number of halogens is 2. The summed E-state index contributed by atoms with van der Waals surface area (Å²) in [5.74, 6) is -1.19. The highest BCUT2D eigenvalue weighted by Crippen LogP contribution is 2.25. The lowest BCUT2D eigenvalue weighted by Crippen LogP contribution is -2.21. The van der Waals surface area contributed by atoms with Crippen LogP contribution < -0.4 is 20.1 Å². The van der Waals surface area contributed by atoms with Crippen LogP contribution in [0.4, 0.5) is 20.2 Å². The van der Waals surface area contributed by atoms with Crippen LogP contribution in [-0.4, -0.2) is 19.6 Å². The lowest BCUT2D eigenvalue weighted by molar-refractivity contribution is -0.114. The van der Waals surface area contributed by atoms with Gasteiger partial charge in [-0.15, -0.1) is 0 Å². The molecule has 3 aromatic rings. The summed E-state index contributed by atoms with van der Waals surface area (Å²) >= 11 is 0. The molecule has 0 aliphatic heterocycles. The maximum atomic E-state index is 13.7. The van der Waals surface area contributed by atoms with E-state index in [0.717, 1.165) is 12.1 Å². The fourth-order valence-corrected chi connectivity index (χ4v) is 2.48. The number of hydrogen-bond acceptors (Lipinski definition) is 4. The van der Waals surface area contributed by atoms with Gasteiger partial charge in [-0.3, -0.25) is 4.79 Å². The Balaban J connectivity index is 1.53. The molecule has 0 fully saturated rings. The zero-order valence-corrected chi connectivity index (χ0v) is 15.0. The monoisotopic (exact) mass is 384 g/mol. The molecule has 0 atom stereocenters. The Bertz CT molecular complexity index is 925. The van der Waals surface area contributed by atoms with Crippen molar-refractivity contribution in [2.24, 2.45) is 0 Å². The molecule has 144 valence electrons. The van der Waals surface area contributed by atoms with Crippen molar-refractivity contribution in [1.82, 2.24) is 0 Å². The number of nitrogens with one attached hydrogen (secondary N) is 2. The molecular weight excluding hydrogens is 366 g/mol. The second-order valence-corrected chi connectivity index (χ2v) is 5.81. The molecule has 28 heavy (non-hydrogen) atoms. The summed E-state index contributed by atoms with van der Waals surface area (Å²) in [6.07, 6.45) is 0. The van der Waals surface area contributed by atoms with Crippen LogP contribution in [0.25, 0.3) is 0 Å². The third-order valence-electron chi connectivity index (χ3n) is 3.77. The standard InChI is InChI=1S/C21H18F2N2O3/c1-27-21-18(22)11-15(12-19(21)23)24-13-20(26)25-14-7-9-17(10-8-14)28-16-5-3-2-4-6-16/h2-12,24H,13H2,1H3,(H,25,26). The van der Waals surface area contributed by atoms with E-state index in [-0.39, 0.29) is 18.1 Å². The van der Waals surface area contributed by atoms with Gasteiger partial charge in [0.1, 0.15) is 11.5 Å². The summed E-state index contributed by atoms with van der Waals surface area (Å²) in [5, 5.41) is 5.36. The molecule has 3 rings (SSSR count). The highest BCUT2D eigenvalue weighted by atomic mass is 19.1. The van der Waals surface area contributed by atoms with E-state index in [1.165, 1.54) is 7.11 Å². The van der Waals surface area contributed by atoms with Crippen molar-refractivity contribution in [3.05, 3.63) is 78.4 Å². The first-order chi connectivity index (χ1) is 13.5. The van der Waals surface area contributed by atoms with Crippen LogP contribution in [0.5, 0.6) is 17.2 Å². The van der Waals surface area contributed by atoms with E-state index >= 15 is 0 Å². The van der Waals surface area contributed by atoms with Gasteiger partial charge in [-0.2, -0.15) is 0 Å². The van der Waals surface area contributed by atoms with Crippen LogP contribution in [0.1, 0.15) is 0 Å². The van der Waals surface area contributed by atoms with Gasteiger partial charge < -0.3 is 20.1 Å². The first-order valence-electron chi connectivity index (χ1n) is 8.45. The predicted octanol–water partition coefficient (Wildman–Crippen LogP) is 4.82. The first kappa shape index (κ1) is 19.2. The number of para-hydroxylation sites is 1. The van der Waals surface area contributed by atoms with E-state index in [9.17, 15) is 13.6 Å². The van der Waals surface area contributed by atoms with Crippen molar-refractivity contribution in [3.8, 4) is 17.2 Å². The van der Waals surface area contributed by atoms with Gasteiger partial charge in [0.2, 0.25) is 5.91 Å². The predicted molar refractivity (Wildman–Crippen MR) is 103 cm³/mol. The van der Waals surface area contributed by atoms with Crippen LogP contribution in [-0.2, 0) is 4.79 Å². The van der Waals surface area contributed by atoms with Crippen LogP contribution in [0.3, 0.4) is 0 Å². The van der Waals surface area contributed by atoms with Gasteiger partial charge in [0.25, 0.3) is 0 Å². The fraction of sp³-hybridized carbons (Fsp3) is 0.0952. The number of hydrogen-bond donors (Lipinski definition) is 2. The Morgan fingerprint density at radius 1 is 0.893 bits per heavy atom. The van der Waals surface area contributed by atoms with Gasteiger partial charge in [0, 0.05) is 23.5 Å². The van der Waals surface area contributed by atoms with E-state index in [1.54, 1.807) is 24.3 Å². The number of carbonyl (C=O) groups excluding carboxylic acids is 1. The molecule has 0 aromatic heterocycles. The largest absolute Gasteiger partial charge is 0.491 e. The Hall–Kier alpha value is -3.61. The summed E-state index contributed by atoms with van der Waals surface area (Å²) < 4.78 is 37.6. The molecule has 0 radical (unpaired) electrons. The molecule has 0 saturated carbocycles. The number of anilines is 2. The summed E-state index contributed by atoms with van der Waals surface area (Å²) in [6.45, 7) is -0.159. The fourth-order valence-electron chi connectivity index (χ4n) is 2.48. The molecule has 0 spiro atoms. The minimum atomic E-state index is -0.848. The average molecular weight is 384 g/mol. The maximum absolute atomic E-state index is 13.7. The summed E-state index contributed by atoms with van der Waals surface area (Å²) in [5.41, 5.74) is 0.705. The molecule has 7 heteroatoms. The highest BCUT2D eigenvalue weighted by Gasteiger charge is 2.12. The van der Waals surface area contributed by atoms with Crippen molar-refractivity contribution < 1.29 is 23.0 Å². The molecule has 0 unspecified atom stereocenters. The summed E-state index contributed by atoms with van der Waals surface area (Å²) in [7, 11) is 1.18. The molecule has 2 N–H and O–H groups in total. The number of ether oxygens (including phenoxy) is 2. The second kappa shape index (κ2) is 8.85. The van der Waals surface area contributed by atoms with Crippen LogP contribution in [0.2, 0.25) is 0 Å². The van der Waals surface area contributed by atoms with E-state index in [4.69, 9.17) is 4.74 Å². The number of rotatable bonds is 7. The summed E-state index contributed by atoms with van der Waals surface area (Å²) in [6, 6.07) is 18.3. The van der Waals surface area contributed by atoms with Gasteiger partial charge >= 0.3 is 0 Å². The van der Waals surface area contributed by atoms with Crippen LogP contribution >= 0.6 is 0 Å². The van der Waals surface area contributed by atoms with Gasteiger partial charge in [0.05, 0.1) is 13.7 Å². The molecule has 5 nitrogen and oxygen atoms in total. The number of carbonyl (C=O) groups is 1. The maximum Gasteiger partial charge on any atom is 0.243 e. The van der Waals surface area contributed by atoms with Gasteiger partial charge in [-0.05, 0) is 36.4 Å². The van der Waals surface area contributed by atoms with Crippen LogP contribution in [0, 0.1) is 11.6 Å². The van der Waals surface area contributed by atoms with Gasteiger partial charge in [0.15, 0.2) is 17.4 Å². The van der Waals surface area contributed by atoms with Gasteiger partial charge in [-0.1, -0.05) is 18.2 Å². The van der Waals surface area contributed by atoms with Crippen molar-refractivity contribution in [2.75, 3.05) is 24.3 Å². The van der Waals surface area contributed by atoms with E-state index in [0.29, 0.717) is 17.2 Å². The zero-order valence-electron chi connectivity index (χ0n) is 15.0. The Labute approximate surface area is 160 Å². The van der Waals surface area contributed by atoms with Crippen molar-refractivity contribution in [1.29, 1.82) is 0 Å². The van der Waals surface area contributed by atoms with Crippen molar-refractivity contribution in [2.45, 2.75) is 0 Å². The minimum Gasteiger partial charge on any atom is -0.491 e. The van der Waals surface area contributed by atoms with Crippen molar-refractivity contribution in [3.63, 3.8) is 0 Å². The first-order valence-corrected chi connectivity index (χ1v) is 8.45. The number of amides is 1. The number of benzene rings is 3. The Morgan fingerprint density at radius 2 is 1.50 bits per heavy atom. The third-order valence-corrected chi connectivity index (χ3v) is 3.77. The van der Waals surface area contributed by atoms with E-state index in [2.05, 4.69) is 15.4 Å². The lowest BCUT2D eigenvalue weighted by Gasteiger charge is -2.10. The van der Waals surface area contributed by atoms with Crippen LogP contribution in [0.15, 0.2) is 66.7 Å². The van der Waals surface area contributed by atoms with E-state index in [1.807, 2.05) is 30.3 Å². The van der Waals surface area contributed by atoms with E-state index < -0.39 is 17.4 Å². The topological polar surface area (TPSA) is 59.6 Å². The minimum absolute atomic E-state index is 0.137. The Kier molecular flexibility index (Phi) is 6.06. The molecule has 0 heterocycles. The molecular formula is C21H18F2N2O3. The van der Waals surface area contributed by atoms with Gasteiger partial charge in [-0.25, -0.2) is 8.78 Å². The Morgan fingerprint density at radius 3 is 2.11 bits per heavy atom. The number of methoxy groups -OCH3 is 1. The lowest BCUT2D eigenvalue weighted by atomic mass is 10.2. The highest BCUT2D eigenvalue weighted by molar-refractivity contribution is 5.93.